The molecule has 0 bridgehead atoms. The molecule has 0 aromatic heterocycles. The summed E-state index contributed by atoms with van der Waals surface area (Å²) < 4.78 is 6.43. The molecule has 0 saturated heterocycles. The summed E-state index contributed by atoms with van der Waals surface area (Å²) in [5, 5.41) is 3.83. The highest BCUT2D eigenvalue weighted by Gasteiger charge is 2.37. The Hall–Kier alpha value is -4.87. The zero-order valence-corrected chi connectivity index (χ0v) is 26.3. The summed E-state index contributed by atoms with van der Waals surface area (Å²) in [5.41, 5.74) is 14.6. The van der Waals surface area contributed by atoms with Crippen LogP contribution in [0, 0.1) is 6.92 Å². The second-order valence-electron chi connectivity index (χ2n) is 12.8. The quantitative estimate of drug-likeness (QED) is 0.205. The second-order valence-corrected chi connectivity index (χ2v) is 13.8. The monoisotopic (exact) mass is 598 g/mol. The number of para-hydroxylation sites is 4. The second kappa shape index (κ2) is 9.82. The van der Waals surface area contributed by atoms with Crippen LogP contribution in [0.3, 0.4) is 0 Å². The average Bonchev–Trinajstić information content (AvgIpc) is 3.05. The van der Waals surface area contributed by atoms with Crippen LogP contribution in [0.15, 0.2) is 131 Å². The molecule has 3 heterocycles. The molecule has 0 spiro atoms. The van der Waals surface area contributed by atoms with Crippen molar-refractivity contribution in [1.29, 1.82) is 0 Å². The molecular weight excluding hydrogens is 567 g/mol. The third kappa shape index (κ3) is 4.07. The number of nitrogens with zero attached hydrogens (tertiary/aromatic N) is 1. The minimum absolute atomic E-state index is 0.133. The van der Waals surface area contributed by atoms with Gasteiger partial charge in [-0.25, -0.2) is 0 Å². The summed E-state index contributed by atoms with van der Waals surface area (Å²) in [6, 6.07) is 43.8. The maximum atomic E-state index is 6.43. The predicted octanol–water partition coefficient (Wildman–Crippen LogP) is 9.47. The summed E-state index contributed by atoms with van der Waals surface area (Å²) >= 11 is 1.88. The number of hydrogen-bond donors (Lipinski definition) is 1. The number of ether oxygens (including phenoxy) is 1. The predicted molar refractivity (Wildman–Crippen MR) is 190 cm³/mol. The topological polar surface area (TPSA) is 24.5 Å². The number of fused-ring (bicyclic) bond motifs is 6. The number of benzene rings is 6. The van der Waals surface area contributed by atoms with Crippen LogP contribution >= 0.6 is 11.8 Å². The van der Waals surface area contributed by atoms with E-state index >= 15 is 0 Å². The SMILES string of the molecule is Cc1cc(-c2cc3c(cc2Nc2ccccc2)Sc2ccccc2C3(C)C)c2c(c1)N1c3ccccc3Oc3cccc(c31)B2. The van der Waals surface area contributed by atoms with Crippen LogP contribution in [0.4, 0.5) is 28.4 Å². The molecule has 6 aromatic rings. The number of rotatable bonds is 3. The van der Waals surface area contributed by atoms with Crippen LogP contribution in [-0.4, -0.2) is 7.28 Å². The third-order valence-electron chi connectivity index (χ3n) is 9.53. The maximum Gasteiger partial charge on any atom is 0.198 e. The molecular formula is C40H31BN2OS. The van der Waals surface area contributed by atoms with E-state index in [0.717, 1.165) is 41.5 Å². The van der Waals surface area contributed by atoms with Gasteiger partial charge in [-0.3, -0.25) is 0 Å². The molecule has 0 fully saturated rings. The van der Waals surface area contributed by atoms with Gasteiger partial charge in [0, 0.05) is 37.8 Å². The van der Waals surface area contributed by atoms with Gasteiger partial charge in [0.1, 0.15) is 0 Å². The Morgan fingerprint density at radius 2 is 1.47 bits per heavy atom. The first-order chi connectivity index (χ1) is 22.0. The summed E-state index contributed by atoms with van der Waals surface area (Å²) in [6.45, 7) is 6.95. The standard InChI is InChI=1S/C40H31BN2OS/c1-24-20-27(38-33(21-24)43-32-16-8-9-17-34(32)44-35-18-11-15-30(41-38)39(35)43)26-22-29-37(23-31(26)42-25-12-5-4-6-13-25)45-36-19-10-7-14-28(36)40(29,2)3/h4-23,41-42H,1-3H3. The Bertz CT molecular complexity index is 2170. The van der Waals surface area contributed by atoms with E-state index in [1.165, 1.54) is 54.2 Å². The Morgan fingerprint density at radius 1 is 0.689 bits per heavy atom. The molecule has 0 aliphatic carbocycles. The van der Waals surface area contributed by atoms with E-state index in [4.69, 9.17) is 4.74 Å². The Morgan fingerprint density at radius 3 is 2.36 bits per heavy atom. The number of hydrogen-bond acceptors (Lipinski definition) is 4. The lowest BCUT2D eigenvalue weighted by molar-refractivity contribution is 0.477. The van der Waals surface area contributed by atoms with Crippen LogP contribution in [0.5, 0.6) is 11.5 Å². The van der Waals surface area contributed by atoms with Gasteiger partial charge in [-0.05, 0) is 89.2 Å². The zero-order chi connectivity index (χ0) is 30.3. The van der Waals surface area contributed by atoms with Crippen molar-refractivity contribution in [2.45, 2.75) is 36.0 Å². The molecule has 45 heavy (non-hydrogen) atoms. The van der Waals surface area contributed by atoms with E-state index in [9.17, 15) is 0 Å². The largest absolute Gasteiger partial charge is 0.453 e. The molecule has 216 valence electrons. The van der Waals surface area contributed by atoms with Gasteiger partial charge < -0.3 is 15.0 Å². The van der Waals surface area contributed by atoms with Crippen molar-refractivity contribution in [3.8, 4) is 22.6 Å². The molecule has 1 N–H and O–H groups in total. The fourth-order valence-electron chi connectivity index (χ4n) is 7.37. The van der Waals surface area contributed by atoms with Gasteiger partial charge in [0.05, 0.1) is 11.4 Å². The summed E-state index contributed by atoms with van der Waals surface area (Å²) in [7, 11) is 0.832. The van der Waals surface area contributed by atoms with Crippen molar-refractivity contribution in [1.82, 2.24) is 0 Å². The average molecular weight is 599 g/mol. The minimum atomic E-state index is -0.133. The summed E-state index contributed by atoms with van der Waals surface area (Å²) in [6.07, 6.45) is 0. The molecule has 9 rings (SSSR count). The molecule has 3 aliphatic heterocycles. The van der Waals surface area contributed by atoms with Gasteiger partial charge in [-0.2, -0.15) is 0 Å². The molecule has 6 aromatic carbocycles. The highest BCUT2D eigenvalue weighted by molar-refractivity contribution is 7.99. The first kappa shape index (κ1) is 26.5. The van der Waals surface area contributed by atoms with Crippen LogP contribution < -0.4 is 25.9 Å². The van der Waals surface area contributed by atoms with Gasteiger partial charge in [0.15, 0.2) is 18.8 Å². The summed E-state index contributed by atoms with van der Waals surface area (Å²) in [4.78, 5) is 5.07. The van der Waals surface area contributed by atoms with Crippen molar-refractivity contribution in [3.05, 3.63) is 138 Å². The van der Waals surface area contributed by atoms with Crippen molar-refractivity contribution in [2.75, 3.05) is 10.2 Å². The minimum Gasteiger partial charge on any atom is -0.453 e. The van der Waals surface area contributed by atoms with E-state index < -0.39 is 0 Å². The van der Waals surface area contributed by atoms with Crippen LogP contribution in [0.25, 0.3) is 11.1 Å². The van der Waals surface area contributed by atoms with Crippen LogP contribution in [0.1, 0.15) is 30.5 Å². The van der Waals surface area contributed by atoms with Gasteiger partial charge in [0.25, 0.3) is 0 Å². The molecule has 0 atom stereocenters. The molecule has 3 aliphatic rings. The maximum absolute atomic E-state index is 6.43. The smallest absolute Gasteiger partial charge is 0.198 e. The number of aryl methyl sites for hydroxylation is 1. The van der Waals surface area contributed by atoms with Crippen molar-refractivity contribution < 1.29 is 4.74 Å². The van der Waals surface area contributed by atoms with Gasteiger partial charge in [-0.15, -0.1) is 0 Å². The normalized spacial score (nSPS) is 14.5. The molecule has 0 radical (unpaired) electrons. The van der Waals surface area contributed by atoms with Crippen molar-refractivity contribution in [3.63, 3.8) is 0 Å². The molecule has 0 amide bonds. The fraction of sp³-hybridized carbons (Fsp3) is 0.100. The van der Waals surface area contributed by atoms with E-state index in [-0.39, 0.29) is 5.41 Å². The highest BCUT2D eigenvalue weighted by Crippen LogP contribution is 2.53. The molecule has 0 unspecified atom stereocenters. The van der Waals surface area contributed by atoms with Crippen molar-refractivity contribution >= 4 is 58.4 Å². The lowest BCUT2D eigenvalue weighted by atomic mass is 9.57. The lowest BCUT2D eigenvalue weighted by Gasteiger charge is -2.40. The number of nitrogens with one attached hydrogen (secondary N) is 1. The Kier molecular flexibility index (Phi) is 5.79. The van der Waals surface area contributed by atoms with Gasteiger partial charge >= 0.3 is 0 Å². The number of anilines is 5. The first-order valence-corrected chi connectivity index (χ1v) is 16.4. The van der Waals surface area contributed by atoms with Gasteiger partial charge in [-0.1, -0.05) is 97.8 Å². The fourth-order valence-corrected chi connectivity index (χ4v) is 8.79. The Labute approximate surface area is 269 Å². The first-order valence-electron chi connectivity index (χ1n) is 15.6. The van der Waals surface area contributed by atoms with Crippen LogP contribution in [0.2, 0.25) is 0 Å². The van der Waals surface area contributed by atoms with Gasteiger partial charge in [0.2, 0.25) is 0 Å². The zero-order valence-electron chi connectivity index (χ0n) is 25.5. The van der Waals surface area contributed by atoms with Crippen LogP contribution in [-0.2, 0) is 5.41 Å². The van der Waals surface area contributed by atoms with E-state index in [1.54, 1.807) is 0 Å². The third-order valence-corrected chi connectivity index (χ3v) is 10.7. The van der Waals surface area contributed by atoms with E-state index in [2.05, 4.69) is 146 Å². The van der Waals surface area contributed by atoms with Crippen molar-refractivity contribution in [2.24, 2.45) is 0 Å². The lowest BCUT2D eigenvalue weighted by Crippen LogP contribution is -2.42. The molecule has 0 saturated carbocycles. The van der Waals surface area contributed by atoms with E-state index in [1.807, 2.05) is 17.8 Å². The summed E-state index contributed by atoms with van der Waals surface area (Å²) in [5.74, 6) is 1.80. The molecule has 5 heteroatoms. The molecule has 3 nitrogen and oxygen atoms in total. The highest BCUT2D eigenvalue weighted by atomic mass is 32.2. The van der Waals surface area contributed by atoms with E-state index in [0.29, 0.717) is 0 Å². The Balaban J connectivity index is 1.30.